The van der Waals surface area contributed by atoms with Crippen molar-refractivity contribution in [1.29, 1.82) is 5.26 Å². The van der Waals surface area contributed by atoms with Gasteiger partial charge in [-0.2, -0.15) is 5.26 Å². The number of nitrogens with two attached hydrogens (primary N) is 1. The van der Waals surface area contributed by atoms with Gasteiger partial charge in [-0.15, -0.1) is 0 Å². The molecule has 0 radical (unpaired) electrons. The molecule has 0 saturated carbocycles. The van der Waals surface area contributed by atoms with Crippen molar-refractivity contribution in [2.24, 2.45) is 11.7 Å². The number of rotatable bonds is 3. The highest BCUT2D eigenvalue weighted by molar-refractivity contribution is 5.40. The van der Waals surface area contributed by atoms with Gasteiger partial charge in [-0.1, -0.05) is 32.0 Å². The summed E-state index contributed by atoms with van der Waals surface area (Å²) in [5.41, 5.74) is 8.10. The molecule has 1 aliphatic heterocycles. The first-order valence-electron chi connectivity index (χ1n) is 6.62. The van der Waals surface area contributed by atoms with E-state index in [9.17, 15) is 5.26 Å². The number of hydrogen-bond donors (Lipinski definition) is 1. The molecule has 3 heteroatoms. The minimum atomic E-state index is 0.137. The van der Waals surface area contributed by atoms with Crippen LogP contribution in [-0.2, 0) is 0 Å². The molecule has 0 aromatic heterocycles. The lowest BCUT2D eigenvalue weighted by atomic mass is 9.96. The van der Waals surface area contributed by atoms with E-state index in [0.29, 0.717) is 5.92 Å². The molecule has 1 aromatic carbocycles. The van der Waals surface area contributed by atoms with Gasteiger partial charge in [0.15, 0.2) is 0 Å². The lowest BCUT2D eigenvalue weighted by Crippen LogP contribution is -2.34. The number of nitrogens with zero attached hydrogens (tertiary/aromatic N) is 2. The molecule has 1 heterocycles. The molecular weight excluding hydrogens is 222 g/mol. The third-order valence-corrected chi connectivity index (χ3v) is 3.55. The lowest BCUT2D eigenvalue weighted by molar-refractivity contribution is 0.221. The molecule has 0 bridgehead atoms. The molecule has 2 atom stereocenters. The van der Waals surface area contributed by atoms with Gasteiger partial charge in [0.2, 0.25) is 0 Å². The molecule has 1 aliphatic rings. The topological polar surface area (TPSA) is 53.0 Å². The summed E-state index contributed by atoms with van der Waals surface area (Å²) in [6.07, 6.45) is 1.01. The average molecular weight is 243 g/mol. The van der Waals surface area contributed by atoms with Crippen molar-refractivity contribution in [3.8, 4) is 6.07 Å². The molecule has 2 rings (SSSR count). The zero-order chi connectivity index (χ0) is 13.1. The summed E-state index contributed by atoms with van der Waals surface area (Å²) in [6, 6.07) is 10.5. The maximum Gasteiger partial charge on any atom is 0.0995 e. The predicted octanol–water partition coefficient (Wildman–Crippen LogP) is 2.29. The Kier molecular flexibility index (Phi) is 4.00. The van der Waals surface area contributed by atoms with Gasteiger partial charge in [0.1, 0.15) is 0 Å². The van der Waals surface area contributed by atoms with Gasteiger partial charge in [0.25, 0.3) is 0 Å². The van der Waals surface area contributed by atoms with E-state index in [0.717, 1.165) is 30.6 Å². The average Bonchev–Trinajstić information content (AvgIpc) is 2.69. The Morgan fingerprint density at radius 1 is 1.44 bits per heavy atom. The Hall–Kier alpha value is -1.37. The minimum Gasteiger partial charge on any atom is -0.326 e. The third kappa shape index (κ3) is 2.55. The van der Waals surface area contributed by atoms with Crippen LogP contribution < -0.4 is 5.73 Å². The molecule has 2 unspecified atom stereocenters. The molecule has 1 fully saturated rings. The van der Waals surface area contributed by atoms with Crippen molar-refractivity contribution in [3.63, 3.8) is 0 Å². The summed E-state index contributed by atoms with van der Waals surface area (Å²) < 4.78 is 0. The zero-order valence-electron chi connectivity index (χ0n) is 11.1. The van der Waals surface area contributed by atoms with Gasteiger partial charge in [0, 0.05) is 19.1 Å². The standard InChI is InChI=1S/C15H21N3/c1-11(2)10-18-8-7-14(17)15(18)13-6-4-3-5-12(13)9-16/h3-6,11,14-15H,7-8,10,17H2,1-2H3. The molecule has 18 heavy (non-hydrogen) atoms. The first kappa shape index (κ1) is 13.1. The third-order valence-electron chi connectivity index (χ3n) is 3.55. The quantitative estimate of drug-likeness (QED) is 0.886. The van der Waals surface area contributed by atoms with Gasteiger partial charge in [-0.05, 0) is 24.0 Å². The largest absolute Gasteiger partial charge is 0.326 e. The summed E-state index contributed by atoms with van der Waals surface area (Å²) in [6.45, 7) is 6.51. The van der Waals surface area contributed by atoms with Crippen LogP contribution in [0.25, 0.3) is 0 Å². The van der Waals surface area contributed by atoms with Crippen LogP contribution in [0.1, 0.15) is 37.4 Å². The van der Waals surface area contributed by atoms with Crippen LogP contribution in [0.15, 0.2) is 24.3 Å². The second-order valence-corrected chi connectivity index (χ2v) is 5.49. The highest BCUT2D eigenvalue weighted by Crippen LogP contribution is 2.33. The maximum atomic E-state index is 9.22. The van der Waals surface area contributed by atoms with Crippen LogP contribution >= 0.6 is 0 Å². The summed E-state index contributed by atoms with van der Waals surface area (Å²) in [4.78, 5) is 2.42. The summed E-state index contributed by atoms with van der Waals surface area (Å²) in [5, 5.41) is 9.22. The van der Waals surface area contributed by atoms with Gasteiger partial charge in [-0.25, -0.2) is 0 Å². The Balaban J connectivity index is 2.31. The van der Waals surface area contributed by atoms with Crippen LogP contribution in [0.5, 0.6) is 0 Å². The van der Waals surface area contributed by atoms with E-state index >= 15 is 0 Å². The van der Waals surface area contributed by atoms with Crippen molar-refractivity contribution in [2.75, 3.05) is 13.1 Å². The second kappa shape index (κ2) is 5.51. The molecule has 0 aliphatic carbocycles. The molecule has 96 valence electrons. The van der Waals surface area contributed by atoms with Crippen molar-refractivity contribution in [1.82, 2.24) is 4.90 Å². The Labute approximate surface area is 109 Å². The SMILES string of the molecule is CC(C)CN1CCC(N)C1c1ccccc1C#N. The summed E-state index contributed by atoms with van der Waals surface area (Å²) in [7, 11) is 0. The smallest absolute Gasteiger partial charge is 0.0995 e. The number of likely N-dealkylation sites (tertiary alicyclic amines) is 1. The van der Waals surface area contributed by atoms with E-state index < -0.39 is 0 Å². The van der Waals surface area contributed by atoms with E-state index in [2.05, 4.69) is 24.8 Å². The monoisotopic (exact) mass is 243 g/mol. The molecule has 0 amide bonds. The number of hydrogen-bond acceptors (Lipinski definition) is 3. The van der Waals surface area contributed by atoms with Gasteiger partial charge >= 0.3 is 0 Å². The highest BCUT2D eigenvalue weighted by atomic mass is 15.2. The van der Waals surface area contributed by atoms with E-state index in [1.54, 1.807) is 0 Å². The van der Waals surface area contributed by atoms with Crippen LogP contribution in [0.2, 0.25) is 0 Å². The zero-order valence-corrected chi connectivity index (χ0v) is 11.1. The number of nitriles is 1. The highest BCUT2D eigenvalue weighted by Gasteiger charge is 2.34. The van der Waals surface area contributed by atoms with Crippen LogP contribution in [0.3, 0.4) is 0 Å². The number of benzene rings is 1. The summed E-state index contributed by atoms with van der Waals surface area (Å²) >= 11 is 0. The Bertz CT molecular complexity index is 447. The molecule has 3 nitrogen and oxygen atoms in total. The fourth-order valence-electron chi connectivity index (χ4n) is 2.84. The fraction of sp³-hybridized carbons (Fsp3) is 0.533. The molecule has 2 N–H and O–H groups in total. The van der Waals surface area contributed by atoms with E-state index in [-0.39, 0.29) is 12.1 Å². The minimum absolute atomic E-state index is 0.137. The van der Waals surface area contributed by atoms with E-state index in [4.69, 9.17) is 5.73 Å². The van der Waals surface area contributed by atoms with Crippen molar-refractivity contribution < 1.29 is 0 Å². The lowest BCUT2D eigenvalue weighted by Gasteiger charge is -2.29. The predicted molar refractivity (Wildman–Crippen MR) is 72.9 cm³/mol. The normalized spacial score (nSPS) is 24.4. The van der Waals surface area contributed by atoms with Gasteiger partial charge in [-0.3, -0.25) is 4.90 Å². The molecule has 1 saturated heterocycles. The molecule has 0 spiro atoms. The Morgan fingerprint density at radius 2 is 2.17 bits per heavy atom. The van der Waals surface area contributed by atoms with Crippen LogP contribution in [0.4, 0.5) is 0 Å². The van der Waals surface area contributed by atoms with E-state index in [1.165, 1.54) is 0 Å². The van der Waals surface area contributed by atoms with Crippen molar-refractivity contribution >= 4 is 0 Å². The molecular formula is C15H21N3. The van der Waals surface area contributed by atoms with Crippen molar-refractivity contribution in [2.45, 2.75) is 32.4 Å². The van der Waals surface area contributed by atoms with E-state index in [1.807, 2.05) is 24.3 Å². The van der Waals surface area contributed by atoms with Gasteiger partial charge < -0.3 is 5.73 Å². The molecule has 1 aromatic rings. The van der Waals surface area contributed by atoms with Gasteiger partial charge in [0.05, 0.1) is 17.7 Å². The Morgan fingerprint density at radius 3 is 2.83 bits per heavy atom. The maximum absolute atomic E-state index is 9.22. The first-order valence-corrected chi connectivity index (χ1v) is 6.62. The first-order chi connectivity index (χ1) is 8.63. The van der Waals surface area contributed by atoms with Crippen LogP contribution in [0, 0.1) is 17.2 Å². The van der Waals surface area contributed by atoms with Crippen molar-refractivity contribution in [3.05, 3.63) is 35.4 Å². The fourth-order valence-corrected chi connectivity index (χ4v) is 2.84. The van der Waals surface area contributed by atoms with Crippen LogP contribution in [-0.4, -0.2) is 24.0 Å². The second-order valence-electron chi connectivity index (χ2n) is 5.49. The summed E-state index contributed by atoms with van der Waals surface area (Å²) in [5.74, 6) is 0.618.